The van der Waals surface area contributed by atoms with Gasteiger partial charge in [-0.2, -0.15) is 0 Å². The number of nitrogens with one attached hydrogen (secondary N) is 2. The number of amides is 1. The van der Waals surface area contributed by atoms with Gasteiger partial charge in [0.15, 0.2) is 11.6 Å². The lowest BCUT2D eigenvalue weighted by Gasteiger charge is -2.23. The van der Waals surface area contributed by atoms with E-state index >= 15 is 0 Å². The molecule has 1 aliphatic heterocycles. The first-order valence-electron chi connectivity index (χ1n) is 6.13. The molecule has 1 heterocycles. The number of methoxy groups -OCH3 is 1. The molecule has 2 N–H and O–H groups in total. The van der Waals surface area contributed by atoms with E-state index in [4.69, 9.17) is 9.47 Å². The van der Waals surface area contributed by atoms with Crippen molar-refractivity contribution in [3.05, 3.63) is 24.0 Å². The molecule has 1 unspecified atom stereocenters. The van der Waals surface area contributed by atoms with E-state index in [1.54, 1.807) is 0 Å². The zero-order valence-electron chi connectivity index (χ0n) is 10.7. The molecule has 104 valence electrons. The van der Waals surface area contributed by atoms with Gasteiger partial charge >= 0.3 is 0 Å². The predicted octanol–water partition coefficient (Wildman–Crippen LogP) is 1.15. The molecule has 0 saturated carbocycles. The van der Waals surface area contributed by atoms with Gasteiger partial charge in [0.25, 0.3) is 0 Å². The van der Waals surface area contributed by atoms with Crippen LogP contribution in [0, 0.1) is 5.82 Å². The summed E-state index contributed by atoms with van der Waals surface area (Å²) in [6, 6.07) is 4.24. The van der Waals surface area contributed by atoms with Crippen molar-refractivity contribution < 1.29 is 18.7 Å². The van der Waals surface area contributed by atoms with E-state index in [1.165, 1.54) is 25.3 Å². The largest absolute Gasteiger partial charge is 0.494 e. The summed E-state index contributed by atoms with van der Waals surface area (Å²) in [5, 5.41) is 5.91. The maximum atomic E-state index is 13.2. The Labute approximate surface area is 111 Å². The molecule has 0 aliphatic carbocycles. The number of hydrogen-bond donors (Lipinski definition) is 2. The molecule has 1 aliphatic rings. The number of hydrogen-bond acceptors (Lipinski definition) is 4. The van der Waals surface area contributed by atoms with Crippen molar-refractivity contribution in [1.82, 2.24) is 5.32 Å². The molecule has 1 atom stereocenters. The zero-order valence-corrected chi connectivity index (χ0v) is 10.7. The summed E-state index contributed by atoms with van der Waals surface area (Å²) >= 11 is 0. The third-order valence-corrected chi connectivity index (χ3v) is 2.87. The topological polar surface area (TPSA) is 59.6 Å². The van der Waals surface area contributed by atoms with Crippen LogP contribution < -0.4 is 15.4 Å². The van der Waals surface area contributed by atoms with E-state index < -0.39 is 5.82 Å². The monoisotopic (exact) mass is 268 g/mol. The minimum absolute atomic E-state index is 0.0242. The van der Waals surface area contributed by atoms with Gasteiger partial charge < -0.3 is 20.1 Å². The van der Waals surface area contributed by atoms with Gasteiger partial charge in [-0.25, -0.2) is 4.39 Å². The Morgan fingerprint density at radius 1 is 1.63 bits per heavy atom. The van der Waals surface area contributed by atoms with Crippen molar-refractivity contribution in [3.63, 3.8) is 0 Å². The van der Waals surface area contributed by atoms with Crippen LogP contribution in [0.15, 0.2) is 18.2 Å². The van der Waals surface area contributed by atoms with Crippen LogP contribution in [0.3, 0.4) is 0 Å². The van der Waals surface area contributed by atoms with E-state index in [0.29, 0.717) is 25.3 Å². The number of ether oxygens (including phenoxy) is 2. The molecule has 1 aromatic rings. The highest BCUT2D eigenvalue weighted by Crippen LogP contribution is 2.21. The second-order valence-electron chi connectivity index (χ2n) is 4.33. The zero-order chi connectivity index (χ0) is 13.7. The van der Waals surface area contributed by atoms with E-state index in [0.717, 1.165) is 6.54 Å². The molecule has 19 heavy (non-hydrogen) atoms. The van der Waals surface area contributed by atoms with Crippen LogP contribution >= 0.6 is 0 Å². The van der Waals surface area contributed by atoms with Crippen molar-refractivity contribution in [2.24, 2.45) is 0 Å². The minimum atomic E-state index is -0.456. The lowest BCUT2D eigenvalue weighted by atomic mass is 10.2. The molecule has 0 spiro atoms. The summed E-state index contributed by atoms with van der Waals surface area (Å²) in [5.41, 5.74) is 0.514. The summed E-state index contributed by atoms with van der Waals surface area (Å²) in [5.74, 6) is -0.489. The smallest absolute Gasteiger partial charge is 0.226 e. The normalized spacial score (nSPS) is 18.9. The highest BCUT2D eigenvalue weighted by atomic mass is 19.1. The summed E-state index contributed by atoms with van der Waals surface area (Å²) in [6.45, 7) is 1.95. The number of morpholine rings is 1. The van der Waals surface area contributed by atoms with E-state index in [-0.39, 0.29) is 17.7 Å². The average Bonchev–Trinajstić information content (AvgIpc) is 2.42. The Hall–Kier alpha value is -1.66. The van der Waals surface area contributed by atoms with Gasteiger partial charge in [-0.05, 0) is 12.1 Å². The molecule has 0 radical (unpaired) electrons. The van der Waals surface area contributed by atoms with Crippen molar-refractivity contribution in [2.45, 2.75) is 12.5 Å². The minimum Gasteiger partial charge on any atom is -0.494 e. The number of carbonyl (C=O) groups excluding carboxylic acids is 1. The van der Waals surface area contributed by atoms with E-state index in [1.807, 2.05) is 0 Å². The van der Waals surface area contributed by atoms with E-state index in [2.05, 4.69) is 10.6 Å². The molecular formula is C13H17FN2O3. The Bertz CT molecular complexity index is 448. The first kappa shape index (κ1) is 13.8. The van der Waals surface area contributed by atoms with Crippen LogP contribution in [0.4, 0.5) is 10.1 Å². The van der Waals surface area contributed by atoms with Crippen LogP contribution in [0.1, 0.15) is 6.42 Å². The molecule has 6 heteroatoms. The molecule has 1 saturated heterocycles. The fraction of sp³-hybridized carbons (Fsp3) is 0.462. The summed E-state index contributed by atoms with van der Waals surface area (Å²) in [6.07, 6.45) is 0.319. The lowest BCUT2D eigenvalue weighted by Crippen LogP contribution is -2.43. The first-order chi connectivity index (χ1) is 9.19. The van der Waals surface area contributed by atoms with Gasteiger partial charge in [-0.3, -0.25) is 4.79 Å². The molecule has 1 amide bonds. The Kier molecular flexibility index (Phi) is 4.70. The summed E-state index contributed by atoms with van der Waals surface area (Å²) in [7, 11) is 1.38. The second kappa shape index (κ2) is 6.49. The molecule has 2 rings (SSSR count). The number of carbonyl (C=O) groups is 1. The third kappa shape index (κ3) is 3.90. The van der Waals surface area contributed by atoms with Gasteiger partial charge in [0.1, 0.15) is 0 Å². The van der Waals surface area contributed by atoms with Gasteiger partial charge in [0.05, 0.1) is 20.3 Å². The van der Waals surface area contributed by atoms with Gasteiger partial charge in [0.2, 0.25) is 5.91 Å². The average molecular weight is 268 g/mol. The fourth-order valence-corrected chi connectivity index (χ4v) is 1.92. The maximum absolute atomic E-state index is 13.2. The quantitative estimate of drug-likeness (QED) is 0.860. The summed E-state index contributed by atoms with van der Waals surface area (Å²) in [4.78, 5) is 11.8. The summed E-state index contributed by atoms with van der Waals surface area (Å²) < 4.78 is 23.3. The van der Waals surface area contributed by atoms with Crippen LogP contribution in [0.25, 0.3) is 0 Å². The Morgan fingerprint density at radius 2 is 2.47 bits per heavy atom. The lowest BCUT2D eigenvalue weighted by molar-refractivity contribution is -0.117. The SMILES string of the molecule is COc1cc(NC(=O)CC2COCCN2)ccc1F. The van der Waals surface area contributed by atoms with Crippen molar-refractivity contribution in [1.29, 1.82) is 0 Å². The van der Waals surface area contributed by atoms with Crippen LogP contribution in [0.2, 0.25) is 0 Å². The molecule has 0 bridgehead atoms. The van der Waals surface area contributed by atoms with Gasteiger partial charge in [-0.15, -0.1) is 0 Å². The van der Waals surface area contributed by atoms with Gasteiger partial charge in [-0.1, -0.05) is 0 Å². The molecule has 1 aromatic carbocycles. The molecule has 1 fully saturated rings. The van der Waals surface area contributed by atoms with Crippen molar-refractivity contribution >= 4 is 11.6 Å². The predicted molar refractivity (Wildman–Crippen MR) is 68.8 cm³/mol. The van der Waals surface area contributed by atoms with Crippen LogP contribution in [-0.2, 0) is 9.53 Å². The highest BCUT2D eigenvalue weighted by Gasteiger charge is 2.17. The number of halogens is 1. The molecular weight excluding hydrogens is 251 g/mol. The third-order valence-electron chi connectivity index (χ3n) is 2.87. The highest BCUT2D eigenvalue weighted by molar-refractivity contribution is 5.91. The number of benzene rings is 1. The van der Waals surface area contributed by atoms with Crippen molar-refractivity contribution in [3.8, 4) is 5.75 Å². The maximum Gasteiger partial charge on any atom is 0.226 e. The number of anilines is 1. The first-order valence-corrected chi connectivity index (χ1v) is 6.13. The van der Waals surface area contributed by atoms with E-state index in [9.17, 15) is 9.18 Å². The van der Waals surface area contributed by atoms with Crippen LogP contribution in [-0.4, -0.2) is 38.8 Å². The number of rotatable bonds is 4. The van der Waals surface area contributed by atoms with Gasteiger partial charge in [0, 0.05) is 30.8 Å². The van der Waals surface area contributed by atoms with Crippen molar-refractivity contribution in [2.75, 3.05) is 32.2 Å². The Morgan fingerprint density at radius 3 is 3.16 bits per heavy atom. The fourth-order valence-electron chi connectivity index (χ4n) is 1.92. The second-order valence-corrected chi connectivity index (χ2v) is 4.33. The standard InChI is InChI=1S/C13H17FN2O3/c1-18-12-6-9(2-3-11(12)14)16-13(17)7-10-8-19-5-4-15-10/h2-3,6,10,15H,4-5,7-8H2,1H3,(H,16,17). The van der Waals surface area contributed by atoms with Crippen LogP contribution in [0.5, 0.6) is 5.75 Å². The molecule has 5 nitrogen and oxygen atoms in total. The molecule has 0 aromatic heterocycles. The Balaban J connectivity index is 1.90.